The molecule has 190 valence electrons. The highest BCUT2D eigenvalue weighted by atomic mass is 35.5. The Labute approximate surface area is 213 Å². The predicted octanol–water partition coefficient (Wildman–Crippen LogP) is 4.28. The van der Waals surface area contributed by atoms with Crippen molar-refractivity contribution in [2.24, 2.45) is 0 Å². The van der Waals surface area contributed by atoms with Gasteiger partial charge in [-0.15, -0.1) is 0 Å². The first-order chi connectivity index (χ1) is 16.6. The van der Waals surface area contributed by atoms with E-state index in [1.807, 2.05) is 19.1 Å². The molecule has 1 aliphatic carbocycles. The first-order valence-corrected chi connectivity index (χ1v) is 14.2. The van der Waals surface area contributed by atoms with E-state index in [4.69, 9.17) is 11.6 Å². The molecule has 0 bridgehead atoms. The van der Waals surface area contributed by atoms with E-state index in [1.165, 1.54) is 11.3 Å². The van der Waals surface area contributed by atoms with Crippen molar-refractivity contribution >= 4 is 39.1 Å². The van der Waals surface area contributed by atoms with Crippen molar-refractivity contribution in [1.29, 1.82) is 0 Å². The molecule has 1 saturated carbocycles. The van der Waals surface area contributed by atoms with Crippen molar-refractivity contribution in [2.75, 3.05) is 17.1 Å². The van der Waals surface area contributed by atoms with E-state index in [2.05, 4.69) is 5.32 Å². The Hall–Kier alpha value is -2.58. The van der Waals surface area contributed by atoms with Crippen molar-refractivity contribution in [3.8, 4) is 0 Å². The number of nitrogens with one attached hydrogen (secondary N) is 1. The lowest BCUT2D eigenvalue weighted by Crippen LogP contribution is -2.53. The van der Waals surface area contributed by atoms with E-state index in [-0.39, 0.29) is 18.5 Å². The molecular weight excluding hydrogens is 486 g/mol. The van der Waals surface area contributed by atoms with Gasteiger partial charge in [-0.2, -0.15) is 0 Å². The van der Waals surface area contributed by atoms with Gasteiger partial charge in [0, 0.05) is 17.6 Å². The highest BCUT2D eigenvalue weighted by Gasteiger charge is 2.31. The number of hydrogen-bond acceptors (Lipinski definition) is 4. The highest BCUT2D eigenvalue weighted by molar-refractivity contribution is 7.92. The summed E-state index contributed by atoms with van der Waals surface area (Å²) in [5.74, 6) is -0.734. The first-order valence-electron chi connectivity index (χ1n) is 11.9. The molecule has 3 rings (SSSR count). The quantitative estimate of drug-likeness (QED) is 0.535. The number of halogens is 1. The number of amides is 2. The van der Waals surface area contributed by atoms with Gasteiger partial charge in [-0.3, -0.25) is 13.9 Å². The lowest BCUT2D eigenvalue weighted by molar-refractivity contribution is -0.139. The first kappa shape index (κ1) is 27.0. The molecule has 0 radical (unpaired) electrons. The molecule has 2 aromatic carbocycles. The van der Waals surface area contributed by atoms with Gasteiger partial charge in [-0.1, -0.05) is 61.2 Å². The van der Waals surface area contributed by atoms with Gasteiger partial charge in [0.15, 0.2) is 0 Å². The molecule has 1 N–H and O–H groups in total. The molecule has 7 nitrogen and oxygen atoms in total. The summed E-state index contributed by atoms with van der Waals surface area (Å²) in [7, 11) is -3.75. The third kappa shape index (κ3) is 7.45. The molecule has 0 aromatic heterocycles. The highest BCUT2D eigenvalue weighted by Crippen LogP contribution is 2.23. The average molecular weight is 520 g/mol. The summed E-state index contributed by atoms with van der Waals surface area (Å²) < 4.78 is 26.3. The van der Waals surface area contributed by atoms with Crippen LogP contribution in [0.3, 0.4) is 0 Å². The van der Waals surface area contributed by atoms with Crippen LogP contribution < -0.4 is 9.62 Å². The van der Waals surface area contributed by atoms with E-state index < -0.39 is 28.5 Å². The molecular formula is C26H34ClN3O4S. The Morgan fingerprint density at radius 2 is 1.77 bits per heavy atom. The van der Waals surface area contributed by atoms with Crippen molar-refractivity contribution in [3.63, 3.8) is 0 Å². The summed E-state index contributed by atoms with van der Waals surface area (Å²) in [5, 5.41) is 3.56. The number of carbonyl (C=O) groups is 2. The van der Waals surface area contributed by atoms with E-state index in [0.29, 0.717) is 16.3 Å². The van der Waals surface area contributed by atoms with Gasteiger partial charge in [0.05, 0.1) is 11.9 Å². The fourth-order valence-electron chi connectivity index (χ4n) is 4.36. The molecule has 0 spiro atoms. The molecule has 2 amide bonds. The maximum Gasteiger partial charge on any atom is 0.244 e. The number of rotatable bonds is 9. The molecule has 0 unspecified atom stereocenters. The minimum atomic E-state index is -3.75. The molecule has 35 heavy (non-hydrogen) atoms. The van der Waals surface area contributed by atoms with Crippen LogP contribution in [0.5, 0.6) is 0 Å². The van der Waals surface area contributed by atoms with Crippen molar-refractivity contribution in [3.05, 3.63) is 64.7 Å². The van der Waals surface area contributed by atoms with Gasteiger partial charge in [-0.25, -0.2) is 8.42 Å². The normalized spacial score (nSPS) is 15.3. The van der Waals surface area contributed by atoms with E-state index in [0.717, 1.165) is 41.8 Å². The molecule has 2 aromatic rings. The van der Waals surface area contributed by atoms with Gasteiger partial charge in [0.2, 0.25) is 21.8 Å². The maximum atomic E-state index is 13.6. The molecule has 0 heterocycles. The zero-order valence-corrected chi connectivity index (χ0v) is 22.1. The second kappa shape index (κ2) is 11.9. The van der Waals surface area contributed by atoms with Crippen LogP contribution in [-0.4, -0.2) is 50.0 Å². The summed E-state index contributed by atoms with van der Waals surface area (Å²) in [5.41, 5.74) is 1.95. The van der Waals surface area contributed by atoms with E-state index in [9.17, 15) is 18.0 Å². The van der Waals surface area contributed by atoms with E-state index >= 15 is 0 Å². The fraction of sp³-hybridized carbons (Fsp3) is 0.462. The second-order valence-electron chi connectivity index (χ2n) is 9.24. The maximum absolute atomic E-state index is 13.6. The topological polar surface area (TPSA) is 86.8 Å². The van der Waals surface area contributed by atoms with Gasteiger partial charge in [0.1, 0.15) is 12.6 Å². The zero-order valence-electron chi connectivity index (χ0n) is 20.5. The van der Waals surface area contributed by atoms with Crippen LogP contribution in [0.15, 0.2) is 48.5 Å². The lowest BCUT2D eigenvalue weighted by atomic mass is 9.95. The number of carbonyl (C=O) groups excluding carboxylic acids is 2. The summed E-state index contributed by atoms with van der Waals surface area (Å²) in [4.78, 5) is 28.2. The number of aryl methyl sites for hydroxylation is 1. The van der Waals surface area contributed by atoms with Gasteiger partial charge in [0.25, 0.3) is 0 Å². The summed E-state index contributed by atoms with van der Waals surface area (Å²) >= 11 is 6.36. The Morgan fingerprint density at radius 1 is 1.09 bits per heavy atom. The predicted molar refractivity (Wildman–Crippen MR) is 140 cm³/mol. The Bertz CT molecular complexity index is 1150. The largest absolute Gasteiger partial charge is 0.352 e. The average Bonchev–Trinajstić information content (AvgIpc) is 2.81. The number of benzene rings is 2. The molecule has 0 aliphatic heterocycles. The zero-order chi connectivity index (χ0) is 25.6. The molecule has 1 atom stereocenters. The standard InChI is InChI=1S/C26H34ClN3O4S/c1-19-10-9-14-23(16-19)30(35(3,33)34)18-25(31)29(17-21-11-7-8-15-24(21)27)20(2)26(32)28-22-12-5-4-6-13-22/h7-11,14-16,20,22H,4-6,12-13,17-18H2,1-3H3,(H,28,32)/t20-/m1/s1. The molecule has 1 aliphatic rings. The third-order valence-corrected chi connectivity index (χ3v) is 7.90. The Kier molecular flexibility index (Phi) is 9.19. The van der Waals surface area contributed by atoms with Gasteiger partial charge >= 0.3 is 0 Å². The second-order valence-corrected chi connectivity index (χ2v) is 11.6. The van der Waals surface area contributed by atoms with Crippen LogP contribution in [0.4, 0.5) is 5.69 Å². The summed E-state index contributed by atoms with van der Waals surface area (Å²) in [6.07, 6.45) is 6.22. The van der Waals surface area contributed by atoms with Crippen LogP contribution in [0, 0.1) is 6.92 Å². The Balaban J connectivity index is 1.88. The van der Waals surface area contributed by atoms with Crippen LogP contribution in [0.1, 0.15) is 50.2 Å². The number of nitrogens with zero attached hydrogens (tertiary/aromatic N) is 2. The molecule has 0 saturated heterocycles. The number of anilines is 1. The summed E-state index contributed by atoms with van der Waals surface area (Å²) in [6.45, 7) is 3.19. The van der Waals surface area contributed by atoms with Crippen LogP contribution in [0.2, 0.25) is 5.02 Å². The van der Waals surface area contributed by atoms with Crippen LogP contribution in [-0.2, 0) is 26.2 Å². The number of sulfonamides is 1. The van der Waals surface area contributed by atoms with Crippen molar-refractivity contribution in [2.45, 2.75) is 64.6 Å². The molecule has 1 fully saturated rings. The van der Waals surface area contributed by atoms with E-state index in [1.54, 1.807) is 43.3 Å². The Morgan fingerprint density at radius 3 is 2.40 bits per heavy atom. The minimum absolute atomic E-state index is 0.0865. The minimum Gasteiger partial charge on any atom is -0.352 e. The monoisotopic (exact) mass is 519 g/mol. The summed E-state index contributed by atoms with van der Waals surface area (Å²) in [6, 6.07) is 13.4. The smallest absolute Gasteiger partial charge is 0.244 e. The fourth-order valence-corrected chi connectivity index (χ4v) is 5.40. The van der Waals surface area contributed by atoms with Crippen LogP contribution >= 0.6 is 11.6 Å². The van der Waals surface area contributed by atoms with Crippen molar-refractivity contribution in [1.82, 2.24) is 10.2 Å². The SMILES string of the molecule is Cc1cccc(N(CC(=O)N(Cc2ccccc2Cl)[C@H](C)C(=O)NC2CCCCC2)S(C)(=O)=O)c1. The number of hydrogen-bond donors (Lipinski definition) is 1. The third-order valence-electron chi connectivity index (χ3n) is 6.39. The lowest BCUT2D eigenvalue weighted by Gasteiger charge is -2.33. The van der Waals surface area contributed by atoms with Gasteiger partial charge in [-0.05, 0) is 56.0 Å². The van der Waals surface area contributed by atoms with Gasteiger partial charge < -0.3 is 10.2 Å². The van der Waals surface area contributed by atoms with Crippen molar-refractivity contribution < 1.29 is 18.0 Å². The van der Waals surface area contributed by atoms with Crippen LogP contribution in [0.25, 0.3) is 0 Å². The molecule has 9 heteroatoms.